The predicted molar refractivity (Wildman–Crippen MR) is 69.1 cm³/mol. The van der Waals surface area contributed by atoms with Gasteiger partial charge < -0.3 is 10.6 Å². The van der Waals surface area contributed by atoms with Crippen molar-refractivity contribution >= 4 is 22.6 Å². The SMILES string of the molecule is NC(=O)C1CCCN1c1ncnc2c(F)cccc12. The van der Waals surface area contributed by atoms with Gasteiger partial charge in [-0.3, -0.25) is 4.79 Å². The Morgan fingerprint density at radius 3 is 3.05 bits per heavy atom. The highest BCUT2D eigenvalue weighted by molar-refractivity contribution is 5.93. The number of anilines is 1. The molecule has 1 fully saturated rings. The van der Waals surface area contributed by atoms with Crippen molar-refractivity contribution in [2.75, 3.05) is 11.4 Å². The number of para-hydroxylation sites is 1. The number of nitrogens with two attached hydrogens (primary N) is 1. The van der Waals surface area contributed by atoms with Crippen molar-refractivity contribution in [1.29, 1.82) is 0 Å². The van der Waals surface area contributed by atoms with Gasteiger partial charge in [0, 0.05) is 11.9 Å². The first-order valence-corrected chi connectivity index (χ1v) is 6.13. The molecule has 0 bridgehead atoms. The molecule has 2 aromatic rings. The van der Waals surface area contributed by atoms with Gasteiger partial charge in [0.2, 0.25) is 5.91 Å². The third-order valence-electron chi connectivity index (χ3n) is 3.45. The first-order valence-electron chi connectivity index (χ1n) is 6.13. The Kier molecular flexibility index (Phi) is 2.77. The van der Waals surface area contributed by atoms with E-state index in [1.807, 2.05) is 4.90 Å². The van der Waals surface area contributed by atoms with Crippen molar-refractivity contribution in [2.45, 2.75) is 18.9 Å². The van der Waals surface area contributed by atoms with E-state index in [0.717, 1.165) is 6.42 Å². The maximum absolute atomic E-state index is 13.7. The van der Waals surface area contributed by atoms with Gasteiger partial charge in [-0.25, -0.2) is 14.4 Å². The summed E-state index contributed by atoms with van der Waals surface area (Å²) in [6.07, 6.45) is 2.89. The third-order valence-corrected chi connectivity index (χ3v) is 3.45. The molecule has 6 heteroatoms. The number of aromatic nitrogens is 2. The van der Waals surface area contributed by atoms with E-state index in [2.05, 4.69) is 9.97 Å². The smallest absolute Gasteiger partial charge is 0.240 e. The Labute approximate surface area is 109 Å². The molecule has 1 aliphatic rings. The molecular weight excluding hydrogens is 247 g/mol. The molecule has 3 rings (SSSR count). The number of carbonyl (C=O) groups excluding carboxylic acids is 1. The van der Waals surface area contributed by atoms with E-state index in [-0.39, 0.29) is 17.5 Å². The number of rotatable bonds is 2. The lowest BCUT2D eigenvalue weighted by atomic mass is 10.2. The molecule has 0 aliphatic carbocycles. The number of hydrogen-bond acceptors (Lipinski definition) is 4. The molecule has 19 heavy (non-hydrogen) atoms. The number of benzene rings is 1. The first kappa shape index (κ1) is 11.8. The van der Waals surface area contributed by atoms with Crippen LogP contribution in [0, 0.1) is 5.82 Å². The van der Waals surface area contributed by atoms with Gasteiger partial charge in [-0.15, -0.1) is 0 Å². The summed E-state index contributed by atoms with van der Waals surface area (Å²) in [5.41, 5.74) is 5.67. The van der Waals surface area contributed by atoms with Crippen LogP contribution in [0.1, 0.15) is 12.8 Å². The third kappa shape index (κ3) is 1.89. The van der Waals surface area contributed by atoms with Gasteiger partial charge in [0.1, 0.15) is 29.5 Å². The fourth-order valence-corrected chi connectivity index (χ4v) is 2.58. The van der Waals surface area contributed by atoms with Crippen molar-refractivity contribution in [3.05, 3.63) is 30.3 Å². The molecule has 2 N–H and O–H groups in total. The second kappa shape index (κ2) is 4.46. The summed E-state index contributed by atoms with van der Waals surface area (Å²) in [7, 11) is 0. The normalized spacial score (nSPS) is 19.0. The monoisotopic (exact) mass is 260 g/mol. The Hall–Kier alpha value is -2.24. The Balaban J connectivity index is 2.15. The number of nitrogens with zero attached hydrogens (tertiary/aromatic N) is 3. The minimum absolute atomic E-state index is 0.266. The van der Waals surface area contributed by atoms with Gasteiger partial charge >= 0.3 is 0 Å². The topological polar surface area (TPSA) is 72.1 Å². The van der Waals surface area contributed by atoms with Crippen LogP contribution in [0.15, 0.2) is 24.5 Å². The molecule has 1 aliphatic heterocycles. The van der Waals surface area contributed by atoms with Gasteiger partial charge in [0.15, 0.2) is 0 Å². The molecule has 1 unspecified atom stereocenters. The fourth-order valence-electron chi connectivity index (χ4n) is 2.58. The quantitative estimate of drug-likeness (QED) is 0.881. The number of amides is 1. The molecule has 2 heterocycles. The van der Waals surface area contributed by atoms with E-state index >= 15 is 0 Å². The van der Waals surface area contributed by atoms with Crippen LogP contribution in [0.5, 0.6) is 0 Å². The molecule has 1 aromatic heterocycles. The van der Waals surface area contributed by atoms with Crippen LogP contribution in [0.3, 0.4) is 0 Å². The highest BCUT2D eigenvalue weighted by Crippen LogP contribution is 2.30. The second-order valence-electron chi connectivity index (χ2n) is 4.59. The fraction of sp³-hybridized carbons (Fsp3) is 0.308. The Bertz CT molecular complexity index is 646. The summed E-state index contributed by atoms with van der Waals surface area (Å²) in [5.74, 6) is -0.192. The van der Waals surface area contributed by atoms with Crippen LogP contribution in [0.25, 0.3) is 10.9 Å². The summed E-state index contributed by atoms with van der Waals surface area (Å²) in [4.78, 5) is 21.4. The second-order valence-corrected chi connectivity index (χ2v) is 4.59. The maximum Gasteiger partial charge on any atom is 0.240 e. The average Bonchev–Trinajstić information content (AvgIpc) is 2.88. The van der Waals surface area contributed by atoms with Crippen molar-refractivity contribution in [3.63, 3.8) is 0 Å². The van der Waals surface area contributed by atoms with Crippen LogP contribution in [-0.2, 0) is 4.79 Å². The van der Waals surface area contributed by atoms with E-state index in [9.17, 15) is 9.18 Å². The van der Waals surface area contributed by atoms with E-state index in [0.29, 0.717) is 24.2 Å². The predicted octanol–water partition coefficient (Wildman–Crippen LogP) is 1.22. The molecule has 5 nitrogen and oxygen atoms in total. The Morgan fingerprint density at radius 1 is 1.42 bits per heavy atom. The molecule has 1 atom stereocenters. The highest BCUT2D eigenvalue weighted by Gasteiger charge is 2.31. The summed E-state index contributed by atoms with van der Waals surface area (Å²) in [6, 6.07) is 4.35. The molecule has 0 spiro atoms. The van der Waals surface area contributed by atoms with Crippen LogP contribution < -0.4 is 10.6 Å². The van der Waals surface area contributed by atoms with Gasteiger partial charge in [-0.05, 0) is 25.0 Å². The Morgan fingerprint density at radius 2 is 2.26 bits per heavy atom. The number of hydrogen-bond donors (Lipinski definition) is 1. The van der Waals surface area contributed by atoms with Gasteiger partial charge in [0.05, 0.1) is 0 Å². The molecule has 1 amide bonds. The molecular formula is C13H13FN4O. The van der Waals surface area contributed by atoms with E-state index < -0.39 is 5.82 Å². The zero-order valence-electron chi connectivity index (χ0n) is 10.2. The summed E-state index contributed by atoms with van der Waals surface area (Å²) in [6.45, 7) is 0.691. The molecule has 0 radical (unpaired) electrons. The molecule has 1 aromatic carbocycles. The van der Waals surface area contributed by atoms with E-state index in [4.69, 9.17) is 5.73 Å². The lowest BCUT2D eigenvalue weighted by Crippen LogP contribution is -2.40. The van der Waals surface area contributed by atoms with Gasteiger partial charge in [-0.1, -0.05) is 6.07 Å². The number of carbonyl (C=O) groups is 1. The van der Waals surface area contributed by atoms with Gasteiger partial charge in [-0.2, -0.15) is 0 Å². The summed E-state index contributed by atoms with van der Waals surface area (Å²) < 4.78 is 13.7. The maximum atomic E-state index is 13.7. The first-order chi connectivity index (χ1) is 9.18. The van der Waals surface area contributed by atoms with Crippen LogP contribution in [0.4, 0.5) is 10.2 Å². The molecule has 0 saturated carbocycles. The lowest BCUT2D eigenvalue weighted by molar-refractivity contribution is -0.119. The molecule has 98 valence electrons. The van der Waals surface area contributed by atoms with Crippen LogP contribution in [-0.4, -0.2) is 28.5 Å². The summed E-state index contributed by atoms with van der Waals surface area (Å²) in [5, 5.41) is 0.607. The van der Waals surface area contributed by atoms with Crippen LogP contribution in [0.2, 0.25) is 0 Å². The number of fused-ring (bicyclic) bond motifs is 1. The number of primary amides is 1. The zero-order chi connectivity index (χ0) is 13.4. The lowest BCUT2D eigenvalue weighted by Gasteiger charge is -2.24. The highest BCUT2D eigenvalue weighted by atomic mass is 19.1. The van der Waals surface area contributed by atoms with Crippen molar-refractivity contribution in [1.82, 2.24) is 9.97 Å². The summed E-state index contributed by atoms with van der Waals surface area (Å²) >= 11 is 0. The van der Waals surface area contributed by atoms with Crippen LogP contribution >= 0.6 is 0 Å². The van der Waals surface area contributed by atoms with Crippen molar-refractivity contribution in [2.24, 2.45) is 5.73 Å². The van der Waals surface area contributed by atoms with Crippen molar-refractivity contribution in [3.8, 4) is 0 Å². The van der Waals surface area contributed by atoms with Crippen molar-refractivity contribution < 1.29 is 9.18 Å². The largest absolute Gasteiger partial charge is 0.368 e. The minimum atomic E-state index is -0.393. The number of halogens is 1. The van der Waals surface area contributed by atoms with E-state index in [1.54, 1.807) is 12.1 Å². The minimum Gasteiger partial charge on any atom is -0.368 e. The average molecular weight is 260 g/mol. The molecule has 1 saturated heterocycles. The standard InChI is InChI=1S/C13H13FN4O/c14-9-4-1-3-8-11(9)16-7-17-13(8)18-6-2-5-10(18)12(15)19/h1,3-4,7,10H,2,5-6H2,(H2,15,19). The van der Waals surface area contributed by atoms with Gasteiger partial charge in [0.25, 0.3) is 0 Å². The van der Waals surface area contributed by atoms with E-state index in [1.165, 1.54) is 12.4 Å². The zero-order valence-corrected chi connectivity index (χ0v) is 10.2.